The van der Waals surface area contributed by atoms with Crippen molar-refractivity contribution in [3.63, 3.8) is 0 Å². The highest BCUT2D eigenvalue weighted by Crippen LogP contribution is 2.33. The highest BCUT2D eigenvalue weighted by molar-refractivity contribution is 7.97. The number of H-pyrrole nitrogens is 1. The Hall–Kier alpha value is -2.07. The van der Waals surface area contributed by atoms with Crippen LogP contribution in [-0.4, -0.2) is 55.7 Å². The molecule has 2 unspecified atom stereocenters. The van der Waals surface area contributed by atoms with Crippen molar-refractivity contribution >= 4 is 17.9 Å². The van der Waals surface area contributed by atoms with E-state index in [1.54, 1.807) is 4.90 Å². The van der Waals surface area contributed by atoms with Gasteiger partial charge in [0.2, 0.25) is 0 Å². The summed E-state index contributed by atoms with van der Waals surface area (Å²) in [6.45, 7) is 5.07. The second-order valence-electron chi connectivity index (χ2n) is 6.23. The van der Waals surface area contributed by atoms with Crippen LogP contribution in [0.1, 0.15) is 29.9 Å². The third kappa shape index (κ3) is 4.01. The minimum Gasteiger partial charge on any atom is -0.329 e. The summed E-state index contributed by atoms with van der Waals surface area (Å²) in [6.07, 6.45) is -2.87. The van der Waals surface area contributed by atoms with Gasteiger partial charge >= 0.3 is 6.18 Å². The SMILES string of the molecule is CC1CN(Sc2ccc(C(F)(F)F)cc2)CC(C)N1C(=O)c1c[nH]nn1. The Morgan fingerprint density at radius 3 is 2.31 bits per heavy atom. The largest absolute Gasteiger partial charge is 0.416 e. The van der Waals surface area contributed by atoms with Gasteiger partial charge in [-0.3, -0.25) is 9.89 Å². The molecule has 3 rings (SSSR count). The average molecular weight is 385 g/mol. The number of piperazine rings is 1. The van der Waals surface area contributed by atoms with Crippen LogP contribution in [-0.2, 0) is 6.18 Å². The number of amides is 1. The van der Waals surface area contributed by atoms with Crippen molar-refractivity contribution in [3.8, 4) is 0 Å². The van der Waals surface area contributed by atoms with Gasteiger partial charge in [0, 0.05) is 30.1 Å². The molecule has 1 fully saturated rings. The molecule has 1 aliphatic heterocycles. The lowest BCUT2D eigenvalue weighted by atomic mass is 10.1. The predicted molar refractivity (Wildman–Crippen MR) is 90.4 cm³/mol. The van der Waals surface area contributed by atoms with Crippen LogP contribution >= 0.6 is 11.9 Å². The summed E-state index contributed by atoms with van der Waals surface area (Å²) in [5.74, 6) is -0.182. The molecule has 1 amide bonds. The number of aromatic amines is 1. The molecule has 2 atom stereocenters. The minimum atomic E-state index is -4.33. The Labute approximate surface area is 152 Å². The molecule has 1 aromatic carbocycles. The number of benzene rings is 1. The standard InChI is InChI=1S/C16H18F3N5OS/c1-10-8-23(26-13-5-3-12(4-6-13)16(17,18)19)9-11(2)24(10)15(25)14-7-20-22-21-14/h3-7,10-11H,8-9H2,1-2H3,(H,20,21,22). The van der Waals surface area contributed by atoms with Gasteiger partial charge in [-0.1, -0.05) is 5.21 Å². The molecule has 0 aliphatic carbocycles. The van der Waals surface area contributed by atoms with Crippen LogP contribution in [0.25, 0.3) is 0 Å². The molecular formula is C16H18F3N5OS. The Morgan fingerprint density at radius 2 is 1.81 bits per heavy atom. The zero-order valence-corrected chi connectivity index (χ0v) is 15.0. The Balaban J connectivity index is 1.65. The highest BCUT2D eigenvalue weighted by atomic mass is 32.2. The molecule has 26 heavy (non-hydrogen) atoms. The van der Waals surface area contributed by atoms with E-state index in [0.29, 0.717) is 13.1 Å². The Kier molecular flexibility index (Phi) is 5.24. The van der Waals surface area contributed by atoms with Crippen LogP contribution in [0.15, 0.2) is 35.4 Å². The zero-order valence-electron chi connectivity index (χ0n) is 14.2. The molecule has 1 aliphatic rings. The van der Waals surface area contributed by atoms with Gasteiger partial charge in [0.05, 0.1) is 11.8 Å². The second-order valence-corrected chi connectivity index (χ2v) is 7.40. The van der Waals surface area contributed by atoms with E-state index in [9.17, 15) is 18.0 Å². The van der Waals surface area contributed by atoms with E-state index in [1.807, 2.05) is 13.8 Å². The third-order valence-corrected chi connectivity index (χ3v) is 5.21. The lowest BCUT2D eigenvalue weighted by Crippen LogP contribution is -2.57. The van der Waals surface area contributed by atoms with Gasteiger partial charge in [0.1, 0.15) is 0 Å². The molecule has 0 saturated carbocycles. The molecule has 1 N–H and O–H groups in total. The van der Waals surface area contributed by atoms with Gasteiger partial charge in [-0.05, 0) is 50.1 Å². The summed E-state index contributed by atoms with van der Waals surface area (Å²) >= 11 is 1.40. The molecule has 1 aromatic heterocycles. The Morgan fingerprint density at radius 1 is 1.19 bits per heavy atom. The maximum atomic E-state index is 12.6. The quantitative estimate of drug-likeness (QED) is 0.823. The van der Waals surface area contributed by atoms with Gasteiger partial charge in [0.15, 0.2) is 5.69 Å². The normalized spacial score (nSPS) is 21.8. The van der Waals surface area contributed by atoms with Gasteiger partial charge in [-0.25, -0.2) is 4.31 Å². The van der Waals surface area contributed by atoms with Crippen LogP contribution in [0.3, 0.4) is 0 Å². The fourth-order valence-corrected chi connectivity index (χ4v) is 4.18. The number of alkyl halides is 3. The van der Waals surface area contributed by atoms with E-state index < -0.39 is 11.7 Å². The predicted octanol–water partition coefficient (Wildman–Crippen LogP) is 3.07. The number of nitrogens with zero attached hydrogens (tertiary/aromatic N) is 4. The minimum absolute atomic E-state index is 0.0649. The smallest absolute Gasteiger partial charge is 0.329 e. The maximum Gasteiger partial charge on any atom is 0.416 e. The lowest BCUT2D eigenvalue weighted by Gasteiger charge is -2.43. The summed E-state index contributed by atoms with van der Waals surface area (Å²) in [6, 6.07) is 4.97. The van der Waals surface area contributed by atoms with Crippen molar-refractivity contribution in [2.75, 3.05) is 13.1 Å². The number of aromatic nitrogens is 3. The average Bonchev–Trinajstić information content (AvgIpc) is 3.08. The van der Waals surface area contributed by atoms with Crippen LogP contribution < -0.4 is 0 Å². The fraction of sp³-hybridized carbons (Fsp3) is 0.438. The van der Waals surface area contributed by atoms with Crippen LogP contribution in [0.4, 0.5) is 13.2 Å². The third-order valence-electron chi connectivity index (χ3n) is 4.17. The first-order valence-electron chi connectivity index (χ1n) is 8.05. The Bertz CT molecular complexity index is 738. The van der Waals surface area contributed by atoms with Crippen molar-refractivity contribution in [1.82, 2.24) is 24.6 Å². The first kappa shape index (κ1) is 18.7. The summed E-state index contributed by atoms with van der Waals surface area (Å²) in [5, 5.41) is 9.87. The molecule has 0 radical (unpaired) electrons. The molecule has 2 heterocycles. The zero-order chi connectivity index (χ0) is 18.9. The monoisotopic (exact) mass is 385 g/mol. The number of nitrogens with one attached hydrogen (secondary N) is 1. The van der Waals surface area contributed by atoms with E-state index >= 15 is 0 Å². The second kappa shape index (κ2) is 7.28. The summed E-state index contributed by atoms with van der Waals surface area (Å²) in [5.41, 5.74) is -0.390. The number of hydrogen-bond donors (Lipinski definition) is 1. The van der Waals surface area contributed by atoms with E-state index in [1.165, 1.54) is 30.3 Å². The molecule has 1 saturated heterocycles. The number of hydrogen-bond acceptors (Lipinski definition) is 5. The molecule has 140 valence electrons. The van der Waals surface area contributed by atoms with E-state index in [2.05, 4.69) is 19.7 Å². The highest BCUT2D eigenvalue weighted by Gasteiger charge is 2.35. The first-order valence-corrected chi connectivity index (χ1v) is 8.82. The number of carbonyl (C=O) groups is 1. The van der Waals surface area contributed by atoms with Crippen LogP contribution in [0, 0.1) is 0 Å². The molecule has 0 bridgehead atoms. The van der Waals surface area contributed by atoms with Crippen LogP contribution in [0.2, 0.25) is 0 Å². The van der Waals surface area contributed by atoms with Crippen molar-refractivity contribution in [1.29, 1.82) is 0 Å². The number of halogens is 3. The van der Waals surface area contributed by atoms with Crippen molar-refractivity contribution in [2.24, 2.45) is 0 Å². The fourth-order valence-electron chi connectivity index (χ4n) is 3.04. The van der Waals surface area contributed by atoms with Gasteiger partial charge in [-0.15, -0.1) is 5.10 Å². The van der Waals surface area contributed by atoms with Crippen molar-refractivity contribution in [2.45, 2.75) is 37.0 Å². The summed E-state index contributed by atoms with van der Waals surface area (Å²) in [4.78, 5) is 15.0. The van der Waals surface area contributed by atoms with E-state index in [4.69, 9.17) is 0 Å². The molecule has 2 aromatic rings. The molecule has 6 nitrogen and oxygen atoms in total. The number of rotatable bonds is 3. The lowest BCUT2D eigenvalue weighted by molar-refractivity contribution is -0.137. The van der Waals surface area contributed by atoms with E-state index in [0.717, 1.165) is 17.0 Å². The van der Waals surface area contributed by atoms with E-state index in [-0.39, 0.29) is 23.7 Å². The van der Waals surface area contributed by atoms with Crippen molar-refractivity contribution in [3.05, 3.63) is 41.7 Å². The van der Waals surface area contributed by atoms with Crippen LogP contribution in [0.5, 0.6) is 0 Å². The number of carbonyl (C=O) groups excluding carboxylic acids is 1. The van der Waals surface area contributed by atoms with Gasteiger partial charge in [-0.2, -0.15) is 13.2 Å². The maximum absolute atomic E-state index is 12.6. The van der Waals surface area contributed by atoms with Gasteiger partial charge < -0.3 is 4.90 Å². The topological polar surface area (TPSA) is 65.1 Å². The summed E-state index contributed by atoms with van der Waals surface area (Å²) in [7, 11) is 0. The molecular weight excluding hydrogens is 367 g/mol. The summed E-state index contributed by atoms with van der Waals surface area (Å²) < 4.78 is 40.0. The van der Waals surface area contributed by atoms with Crippen molar-refractivity contribution < 1.29 is 18.0 Å². The van der Waals surface area contributed by atoms with Gasteiger partial charge in [0.25, 0.3) is 5.91 Å². The molecule has 0 spiro atoms. The molecule has 10 heteroatoms. The first-order chi connectivity index (χ1) is 12.3.